The topological polar surface area (TPSA) is 0 Å². The van der Waals surface area contributed by atoms with Crippen LogP contribution in [0.15, 0.2) is 6.07 Å². The summed E-state index contributed by atoms with van der Waals surface area (Å²) < 4.78 is 37.0. The molecule has 0 nitrogen and oxygen atoms in total. The van der Waals surface area contributed by atoms with Gasteiger partial charge >= 0.3 is 6.18 Å². The fourth-order valence-corrected chi connectivity index (χ4v) is 1.21. The van der Waals surface area contributed by atoms with E-state index in [0.717, 1.165) is 6.07 Å². The molecule has 13 heavy (non-hydrogen) atoms. The molecule has 0 N–H and O–H groups in total. The first-order chi connectivity index (χ1) is 5.96. The summed E-state index contributed by atoms with van der Waals surface area (Å²) in [6.45, 7) is 3.26. The number of alkyl halides is 3. The molecule has 0 aliphatic rings. The van der Waals surface area contributed by atoms with Crippen LogP contribution in [0.1, 0.15) is 23.6 Å². The molecule has 1 rings (SSSR count). The second-order valence-corrected chi connectivity index (χ2v) is 2.78. The van der Waals surface area contributed by atoms with Crippen LogP contribution in [0.4, 0.5) is 13.2 Å². The summed E-state index contributed by atoms with van der Waals surface area (Å²) in [5, 5.41) is 0. The van der Waals surface area contributed by atoms with E-state index in [4.69, 9.17) is 0 Å². The van der Waals surface area contributed by atoms with Gasteiger partial charge in [0.1, 0.15) is 0 Å². The average molecular weight is 186 g/mol. The Kier molecular flexibility index (Phi) is 2.51. The molecule has 0 atom stereocenters. The van der Waals surface area contributed by atoms with Gasteiger partial charge in [-0.1, -0.05) is 19.1 Å². The van der Waals surface area contributed by atoms with Crippen molar-refractivity contribution in [1.82, 2.24) is 0 Å². The molecule has 1 aromatic carbocycles. The second-order valence-electron chi connectivity index (χ2n) is 2.78. The molecule has 70 valence electrons. The van der Waals surface area contributed by atoms with E-state index in [1.165, 1.54) is 6.92 Å². The summed E-state index contributed by atoms with van der Waals surface area (Å²) in [4.78, 5) is 0. The van der Waals surface area contributed by atoms with Gasteiger partial charge in [0.25, 0.3) is 0 Å². The van der Waals surface area contributed by atoms with Crippen molar-refractivity contribution in [2.45, 2.75) is 26.4 Å². The van der Waals surface area contributed by atoms with E-state index in [9.17, 15) is 13.2 Å². The molecule has 0 heterocycles. The first-order valence-corrected chi connectivity index (χ1v) is 3.95. The van der Waals surface area contributed by atoms with Crippen molar-refractivity contribution < 1.29 is 13.2 Å². The molecule has 0 bridgehead atoms. The number of hydrogen-bond donors (Lipinski definition) is 0. The molecule has 0 saturated carbocycles. The van der Waals surface area contributed by atoms with E-state index in [0.29, 0.717) is 12.0 Å². The van der Waals surface area contributed by atoms with Gasteiger partial charge in [0, 0.05) is 11.6 Å². The first kappa shape index (κ1) is 9.91. The Morgan fingerprint density at radius 2 is 2.00 bits per heavy atom. The molecule has 0 fully saturated rings. The highest BCUT2D eigenvalue weighted by atomic mass is 19.4. The SMILES string of the molecule is CCc1c#ccc(C(F)(F)F)c1C. The lowest BCUT2D eigenvalue weighted by atomic mass is 10.0. The fourth-order valence-electron chi connectivity index (χ4n) is 1.21. The molecule has 0 aliphatic heterocycles. The Morgan fingerprint density at radius 1 is 1.38 bits per heavy atom. The normalized spacial score (nSPS) is 11.2. The lowest BCUT2D eigenvalue weighted by molar-refractivity contribution is -0.138. The van der Waals surface area contributed by atoms with Gasteiger partial charge in [-0.05, 0) is 18.9 Å². The number of hydrogen-bond acceptors (Lipinski definition) is 0. The van der Waals surface area contributed by atoms with Crippen LogP contribution in [-0.2, 0) is 12.6 Å². The van der Waals surface area contributed by atoms with Crippen molar-refractivity contribution in [2.24, 2.45) is 0 Å². The van der Waals surface area contributed by atoms with Gasteiger partial charge in [-0.15, -0.1) is 0 Å². The van der Waals surface area contributed by atoms with Crippen molar-refractivity contribution in [3.63, 3.8) is 0 Å². The van der Waals surface area contributed by atoms with E-state index < -0.39 is 11.7 Å². The van der Waals surface area contributed by atoms with E-state index in [-0.39, 0.29) is 5.56 Å². The Morgan fingerprint density at radius 3 is 2.46 bits per heavy atom. The summed E-state index contributed by atoms with van der Waals surface area (Å²) in [7, 11) is 0. The van der Waals surface area contributed by atoms with Crippen LogP contribution in [0.25, 0.3) is 0 Å². The molecule has 0 radical (unpaired) electrons. The number of rotatable bonds is 1. The average Bonchev–Trinajstić information content (AvgIpc) is 2.02. The highest BCUT2D eigenvalue weighted by molar-refractivity contribution is 5.32. The van der Waals surface area contributed by atoms with E-state index in [1.807, 2.05) is 0 Å². The second kappa shape index (κ2) is 3.29. The van der Waals surface area contributed by atoms with Crippen LogP contribution in [0, 0.1) is 19.1 Å². The van der Waals surface area contributed by atoms with Crippen molar-refractivity contribution in [3.05, 3.63) is 34.9 Å². The Balaban J connectivity index is 3.24. The van der Waals surface area contributed by atoms with Crippen LogP contribution < -0.4 is 0 Å². The van der Waals surface area contributed by atoms with Crippen LogP contribution in [0.2, 0.25) is 0 Å². The first-order valence-electron chi connectivity index (χ1n) is 3.95. The summed E-state index contributed by atoms with van der Waals surface area (Å²) in [5.74, 6) is 0. The van der Waals surface area contributed by atoms with Crippen molar-refractivity contribution in [2.75, 3.05) is 0 Å². The minimum atomic E-state index is -4.28. The van der Waals surface area contributed by atoms with Crippen molar-refractivity contribution in [3.8, 4) is 0 Å². The van der Waals surface area contributed by atoms with Crippen LogP contribution >= 0.6 is 0 Å². The maximum atomic E-state index is 12.3. The molecular formula is C10H9F3. The van der Waals surface area contributed by atoms with E-state index in [2.05, 4.69) is 12.1 Å². The number of halogens is 3. The molecule has 0 spiro atoms. The predicted molar refractivity (Wildman–Crippen MR) is 43.2 cm³/mol. The summed E-state index contributed by atoms with van der Waals surface area (Å²) >= 11 is 0. The molecule has 0 aromatic heterocycles. The molecular weight excluding hydrogens is 177 g/mol. The quantitative estimate of drug-likeness (QED) is 0.631. The van der Waals surface area contributed by atoms with Gasteiger partial charge in [0.2, 0.25) is 0 Å². The zero-order chi connectivity index (χ0) is 10.1. The molecule has 0 aliphatic carbocycles. The summed E-state index contributed by atoms with van der Waals surface area (Å²) in [6, 6.07) is 6.00. The fraction of sp³-hybridized carbons (Fsp3) is 0.400. The van der Waals surface area contributed by atoms with Gasteiger partial charge in [0.05, 0.1) is 5.56 Å². The third-order valence-electron chi connectivity index (χ3n) is 1.96. The largest absolute Gasteiger partial charge is 0.417 e. The molecule has 0 amide bonds. The smallest absolute Gasteiger partial charge is 0.166 e. The maximum absolute atomic E-state index is 12.3. The van der Waals surface area contributed by atoms with Gasteiger partial charge in [-0.3, -0.25) is 0 Å². The van der Waals surface area contributed by atoms with Crippen LogP contribution in [-0.4, -0.2) is 0 Å². The molecule has 0 unspecified atom stereocenters. The summed E-state index contributed by atoms with van der Waals surface area (Å²) in [5.41, 5.74) is 0.228. The third-order valence-corrected chi connectivity index (χ3v) is 1.96. The minimum absolute atomic E-state index is 0.258. The van der Waals surface area contributed by atoms with E-state index >= 15 is 0 Å². The van der Waals surface area contributed by atoms with Crippen molar-refractivity contribution in [1.29, 1.82) is 0 Å². The lowest BCUT2D eigenvalue weighted by Gasteiger charge is -2.10. The zero-order valence-electron chi connectivity index (χ0n) is 7.42. The van der Waals surface area contributed by atoms with Crippen LogP contribution in [0.5, 0.6) is 0 Å². The highest BCUT2D eigenvalue weighted by Gasteiger charge is 2.32. The zero-order valence-corrected chi connectivity index (χ0v) is 7.42. The van der Waals surface area contributed by atoms with Gasteiger partial charge in [-0.2, -0.15) is 13.2 Å². The Bertz CT molecular complexity index is 300. The minimum Gasteiger partial charge on any atom is -0.166 e. The maximum Gasteiger partial charge on any atom is 0.417 e. The summed E-state index contributed by atoms with van der Waals surface area (Å²) in [6.07, 6.45) is -3.73. The lowest BCUT2D eigenvalue weighted by Crippen LogP contribution is -2.08. The molecule has 0 saturated heterocycles. The van der Waals surface area contributed by atoms with Gasteiger partial charge in [-0.25, -0.2) is 0 Å². The highest BCUT2D eigenvalue weighted by Crippen LogP contribution is 2.31. The van der Waals surface area contributed by atoms with Crippen molar-refractivity contribution >= 4 is 0 Å². The monoisotopic (exact) mass is 186 g/mol. The van der Waals surface area contributed by atoms with Gasteiger partial charge < -0.3 is 0 Å². The Hall–Kier alpha value is -1.17. The standard InChI is InChI=1S/C10H9F3/c1-3-8-5-4-6-9(7(8)2)10(11,12)13/h6H,3H2,1-2H3. The third kappa shape index (κ3) is 1.95. The molecule has 1 aromatic rings. The van der Waals surface area contributed by atoms with Gasteiger partial charge in [0.15, 0.2) is 0 Å². The predicted octanol–water partition coefficient (Wildman–Crippen LogP) is 3.18. The van der Waals surface area contributed by atoms with E-state index in [1.54, 1.807) is 6.92 Å². The van der Waals surface area contributed by atoms with Crippen LogP contribution in [0.3, 0.4) is 0 Å². The molecule has 3 heteroatoms. The Labute approximate surface area is 75.4 Å².